The maximum absolute atomic E-state index is 11.6. The van der Waals surface area contributed by atoms with Crippen molar-refractivity contribution in [3.8, 4) is 0 Å². The van der Waals surface area contributed by atoms with Gasteiger partial charge in [-0.05, 0) is 25.7 Å². The summed E-state index contributed by atoms with van der Waals surface area (Å²) in [6.45, 7) is 6.08. The van der Waals surface area contributed by atoms with Crippen LogP contribution in [0.5, 0.6) is 0 Å². The number of carbonyl (C=O) groups is 1. The summed E-state index contributed by atoms with van der Waals surface area (Å²) in [6.07, 6.45) is 1.54. The van der Waals surface area contributed by atoms with Crippen LogP contribution < -0.4 is 10.6 Å². The number of esters is 1. The summed E-state index contributed by atoms with van der Waals surface area (Å²) in [6, 6.07) is 0.481. The molecule has 6 heteroatoms. The molecule has 2 aliphatic rings. The first-order valence-electron chi connectivity index (χ1n) is 6.68. The average Bonchev–Trinajstić information content (AvgIpc) is 2.83. The van der Waals surface area contributed by atoms with Gasteiger partial charge in [0.25, 0.3) is 0 Å². The van der Waals surface area contributed by atoms with Gasteiger partial charge in [0.05, 0.1) is 17.9 Å². The number of aryl methyl sites for hydroxylation is 1. The second kappa shape index (κ2) is 4.77. The summed E-state index contributed by atoms with van der Waals surface area (Å²) < 4.78 is 4.96. The molecule has 2 unspecified atom stereocenters. The van der Waals surface area contributed by atoms with Gasteiger partial charge in [-0.1, -0.05) is 0 Å². The highest BCUT2D eigenvalue weighted by Crippen LogP contribution is 2.43. The standard InChI is InChI=1S/C13H18N4O2/c1-3-19-12(18)8-6-15-13(16-7(8)2)17-11-9-4-14-5-10(9)11/h6,9-11,14H,3-5H2,1-2H3,(H,15,16,17). The minimum atomic E-state index is -0.362. The summed E-state index contributed by atoms with van der Waals surface area (Å²) in [5.74, 6) is 1.64. The number of fused-ring (bicyclic) bond motifs is 1. The number of piperidine rings is 1. The zero-order valence-corrected chi connectivity index (χ0v) is 11.1. The van der Waals surface area contributed by atoms with Gasteiger partial charge >= 0.3 is 5.97 Å². The van der Waals surface area contributed by atoms with Gasteiger partial charge < -0.3 is 15.4 Å². The van der Waals surface area contributed by atoms with Gasteiger partial charge in [-0.2, -0.15) is 0 Å². The van der Waals surface area contributed by atoms with Gasteiger partial charge in [-0.25, -0.2) is 14.8 Å². The summed E-state index contributed by atoms with van der Waals surface area (Å²) in [5.41, 5.74) is 1.09. The molecule has 0 amide bonds. The molecule has 0 aromatic carbocycles. The number of hydrogen-bond donors (Lipinski definition) is 2. The van der Waals surface area contributed by atoms with Crippen molar-refractivity contribution in [2.24, 2.45) is 11.8 Å². The average molecular weight is 262 g/mol. The first-order valence-corrected chi connectivity index (χ1v) is 6.68. The first-order chi connectivity index (χ1) is 9.20. The van der Waals surface area contributed by atoms with E-state index in [0.29, 0.717) is 41.7 Å². The molecule has 0 bridgehead atoms. The number of aromatic nitrogens is 2. The van der Waals surface area contributed by atoms with Crippen LogP contribution in [0.3, 0.4) is 0 Å². The smallest absolute Gasteiger partial charge is 0.341 e. The lowest BCUT2D eigenvalue weighted by Gasteiger charge is -2.09. The molecule has 3 rings (SSSR count). The van der Waals surface area contributed by atoms with Crippen molar-refractivity contribution in [1.29, 1.82) is 0 Å². The van der Waals surface area contributed by atoms with Crippen molar-refractivity contribution >= 4 is 11.9 Å². The van der Waals surface area contributed by atoms with E-state index in [1.165, 1.54) is 0 Å². The van der Waals surface area contributed by atoms with Crippen LogP contribution in [0.25, 0.3) is 0 Å². The van der Waals surface area contributed by atoms with Gasteiger partial charge in [-0.3, -0.25) is 0 Å². The van der Waals surface area contributed by atoms with Crippen molar-refractivity contribution in [1.82, 2.24) is 15.3 Å². The molecule has 2 heterocycles. The predicted molar refractivity (Wildman–Crippen MR) is 70.0 cm³/mol. The van der Waals surface area contributed by atoms with Crippen LogP contribution >= 0.6 is 0 Å². The number of carbonyl (C=O) groups excluding carboxylic acids is 1. The molecule has 2 N–H and O–H groups in total. The van der Waals surface area contributed by atoms with E-state index in [2.05, 4.69) is 20.6 Å². The van der Waals surface area contributed by atoms with Crippen LogP contribution in [-0.4, -0.2) is 41.7 Å². The zero-order valence-electron chi connectivity index (χ0n) is 11.1. The van der Waals surface area contributed by atoms with Crippen LogP contribution in [0.1, 0.15) is 23.0 Å². The fourth-order valence-electron chi connectivity index (χ4n) is 2.73. The quantitative estimate of drug-likeness (QED) is 0.774. The Balaban J connectivity index is 1.67. The summed E-state index contributed by atoms with van der Waals surface area (Å²) >= 11 is 0. The number of hydrogen-bond acceptors (Lipinski definition) is 6. The van der Waals surface area contributed by atoms with E-state index >= 15 is 0 Å². The third-order valence-electron chi connectivity index (χ3n) is 3.86. The molecule has 19 heavy (non-hydrogen) atoms. The molecule has 1 aromatic heterocycles. The van der Waals surface area contributed by atoms with Gasteiger partial charge in [0.2, 0.25) is 5.95 Å². The molecule has 1 aromatic rings. The monoisotopic (exact) mass is 262 g/mol. The fourth-order valence-corrected chi connectivity index (χ4v) is 2.73. The molecule has 1 aliphatic carbocycles. The second-order valence-corrected chi connectivity index (χ2v) is 5.07. The zero-order chi connectivity index (χ0) is 13.4. The maximum Gasteiger partial charge on any atom is 0.341 e. The Morgan fingerprint density at radius 2 is 2.26 bits per heavy atom. The van der Waals surface area contributed by atoms with Crippen LogP contribution in [0.15, 0.2) is 6.20 Å². The molecule has 2 atom stereocenters. The predicted octanol–water partition coefficient (Wildman–Crippen LogP) is 0.591. The molecule has 0 radical (unpaired) electrons. The molecule has 2 fully saturated rings. The van der Waals surface area contributed by atoms with E-state index in [1.54, 1.807) is 20.0 Å². The second-order valence-electron chi connectivity index (χ2n) is 5.07. The molecule has 0 spiro atoms. The Kier molecular flexibility index (Phi) is 3.10. The minimum absolute atomic E-state index is 0.358. The van der Waals surface area contributed by atoms with Crippen molar-refractivity contribution in [3.05, 3.63) is 17.5 Å². The normalized spacial score (nSPS) is 27.8. The highest BCUT2D eigenvalue weighted by atomic mass is 16.5. The maximum atomic E-state index is 11.6. The molecule has 1 saturated heterocycles. The Morgan fingerprint density at radius 1 is 1.53 bits per heavy atom. The molecule has 1 saturated carbocycles. The Morgan fingerprint density at radius 3 is 2.89 bits per heavy atom. The Bertz CT molecular complexity index is 495. The van der Waals surface area contributed by atoms with Gasteiger partial charge in [0, 0.05) is 25.3 Å². The van der Waals surface area contributed by atoms with Crippen molar-refractivity contribution < 1.29 is 9.53 Å². The third kappa shape index (κ3) is 2.28. The lowest BCUT2D eigenvalue weighted by atomic mass is 10.2. The summed E-state index contributed by atoms with van der Waals surface area (Å²) in [7, 11) is 0. The molecular formula is C13H18N4O2. The van der Waals surface area contributed by atoms with Crippen molar-refractivity contribution in [2.75, 3.05) is 25.0 Å². The van der Waals surface area contributed by atoms with E-state index < -0.39 is 0 Å². The number of nitrogens with one attached hydrogen (secondary N) is 2. The van der Waals surface area contributed by atoms with Crippen molar-refractivity contribution in [3.63, 3.8) is 0 Å². The largest absolute Gasteiger partial charge is 0.462 e. The molecule has 102 valence electrons. The summed E-state index contributed by atoms with van der Waals surface area (Å²) in [5, 5.41) is 6.69. The van der Waals surface area contributed by atoms with Crippen molar-refractivity contribution in [2.45, 2.75) is 19.9 Å². The lowest BCUT2D eigenvalue weighted by Crippen LogP contribution is -2.22. The van der Waals surface area contributed by atoms with E-state index in [9.17, 15) is 4.79 Å². The van der Waals surface area contributed by atoms with E-state index in [4.69, 9.17) is 4.74 Å². The Hall–Kier alpha value is -1.69. The number of rotatable bonds is 4. The third-order valence-corrected chi connectivity index (χ3v) is 3.86. The van der Waals surface area contributed by atoms with Gasteiger partial charge in [0.1, 0.15) is 0 Å². The lowest BCUT2D eigenvalue weighted by molar-refractivity contribution is 0.0524. The molecule has 1 aliphatic heterocycles. The van der Waals surface area contributed by atoms with Gasteiger partial charge in [0.15, 0.2) is 0 Å². The number of ether oxygens (including phenoxy) is 1. The molecule has 6 nitrogen and oxygen atoms in total. The van der Waals surface area contributed by atoms with E-state index in [1.807, 2.05) is 0 Å². The fraction of sp³-hybridized carbons (Fsp3) is 0.615. The highest BCUT2D eigenvalue weighted by Gasteiger charge is 2.53. The Labute approximate surface area is 112 Å². The number of nitrogens with zero attached hydrogens (tertiary/aromatic N) is 2. The van der Waals surface area contributed by atoms with E-state index in [-0.39, 0.29) is 5.97 Å². The topological polar surface area (TPSA) is 76.1 Å². The molecular weight excluding hydrogens is 244 g/mol. The highest BCUT2D eigenvalue weighted by molar-refractivity contribution is 5.90. The van der Waals surface area contributed by atoms with Crippen LogP contribution in [-0.2, 0) is 4.74 Å². The SMILES string of the molecule is CCOC(=O)c1cnc(NC2C3CNCC32)nc1C. The van der Waals surface area contributed by atoms with Crippen LogP contribution in [0.4, 0.5) is 5.95 Å². The van der Waals surface area contributed by atoms with Crippen LogP contribution in [0, 0.1) is 18.8 Å². The van der Waals surface area contributed by atoms with Gasteiger partial charge in [-0.15, -0.1) is 0 Å². The number of anilines is 1. The first kappa shape index (κ1) is 12.3. The van der Waals surface area contributed by atoms with Crippen LogP contribution in [0.2, 0.25) is 0 Å². The minimum Gasteiger partial charge on any atom is -0.462 e. The summed E-state index contributed by atoms with van der Waals surface area (Å²) in [4.78, 5) is 20.2. The van der Waals surface area contributed by atoms with E-state index in [0.717, 1.165) is 13.1 Å².